The van der Waals surface area contributed by atoms with Crippen LogP contribution in [0.5, 0.6) is 0 Å². The molecule has 3 rings (SSSR count). The highest BCUT2D eigenvalue weighted by Crippen LogP contribution is 2.43. The number of alkyl halides is 1. The summed E-state index contributed by atoms with van der Waals surface area (Å²) in [5, 5.41) is 0. The predicted octanol–water partition coefficient (Wildman–Crippen LogP) is 1.54. The molecular formula is C12H13F2NO2. The normalized spacial score (nSPS) is 36.1. The first-order valence-electron chi connectivity index (χ1n) is 5.59. The SMILES string of the molecule is FCC1OCC2(c3ccccc3F)NOCC12. The third-order valence-electron chi connectivity index (χ3n) is 3.63. The van der Waals surface area contributed by atoms with Crippen LogP contribution in [-0.4, -0.2) is 26.0 Å². The van der Waals surface area contributed by atoms with Crippen molar-refractivity contribution in [3.05, 3.63) is 35.6 Å². The molecule has 92 valence electrons. The maximum atomic E-state index is 13.9. The summed E-state index contributed by atoms with van der Waals surface area (Å²) in [4.78, 5) is 5.19. The zero-order valence-corrected chi connectivity index (χ0v) is 9.16. The molecule has 2 heterocycles. The molecule has 1 aromatic rings. The van der Waals surface area contributed by atoms with E-state index < -0.39 is 18.3 Å². The van der Waals surface area contributed by atoms with Gasteiger partial charge in [-0.3, -0.25) is 0 Å². The van der Waals surface area contributed by atoms with Gasteiger partial charge in [0.1, 0.15) is 18.0 Å². The first-order valence-corrected chi connectivity index (χ1v) is 5.59. The van der Waals surface area contributed by atoms with Crippen LogP contribution >= 0.6 is 0 Å². The first-order chi connectivity index (χ1) is 8.28. The summed E-state index contributed by atoms with van der Waals surface area (Å²) in [6.07, 6.45) is -0.524. The van der Waals surface area contributed by atoms with E-state index in [0.29, 0.717) is 12.2 Å². The Bertz CT molecular complexity index is 429. The molecule has 2 aliphatic heterocycles. The van der Waals surface area contributed by atoms with Crippen LogP contribution in [0.4, 0.5) is 8.78 Å². The number of hydroxylamine groups is 1. The number of hydrogen-bond donors (Lipinski definition) is 1. The largest absolute Gasteiger partial charge is 0.373 e. The van der Waals surface area contributed by atoms with Gasteiger partial charge in [-0.2, -0.15) is 5.48 Å². The molecule has 3 unspecified atom stereocenters. The van der Waals surface area contributed by atoms with E-state index in [2.05, 4.69) is 5.48 Å². The molecule has 2 fully saturated rings. The van der Waals surface area contributed by atoms with Crippen molar-refractivity contribution in [3.63, 3.8) is 0 Å². The molecule has 5 heteroatoms. The molecule has 0 radical (unpaired) electrons. The van der Waals surface area contributed by atoms with Crippen LogP contribution < -0.4 is 5.48 Å². The summed E-state index contributed by atoms with van der Waals surface area (Å²) < 4.78 is 32.1. The number of benzene rings is 1. The fraction of sp³-hybridized carbons (Fsp3) is 0.500. The Labute approximate surface area is 97.7 Å². The Morgan fingerprint density at radius 3 is 3.00 bits per heavy atom. The van der Waals surface area contributed by atoms with Gasteiger partial charge in [0.25, 0.3) is 0 Å². The zero-order chi connectivity index (χ0) is 11.9. The summed E-state index contributed by atoms with van der Waals surface area (Å²) in [7, 11) is 0. The molecule has 1 N–H and O–H groups in total. The molecule has 3 atom stereocenters. The Morgan fingerprint density at radius 1 is 1.41 bits per heavy atom. The fourth-order valence-corrected chi connectivity index (χ4v) is 2.70. The monoisotopic (exact) mass is 241 g/mol. The van der Waals surface area contributed by atoms with Crippen molar-refractivity contribution in [2.75, 3.05) is 19.9 Å². The van der Waals surface area contributed by atoms with Gasteiger partial charge in [0.15, 0.2) is 0 Å². The van der Waals surface area contributed by atoms with E-state index in [4.69, 9.17) is 9.57 Å². The molecule has 17 heavy (non-hydrogen) atoms. The molecule has 0 bridgehead atoms. The molecule has 3 nitrogen and oxygen atoms in total. The van der Waals surface area contributed by atoms with Gasteiger partial charge in [-0.1, -0.05) is 18.2 Å². The minimum Gasteiger partial charge on any atom is -0.373 e. The van der Waals surface area contributed by atoms with Gasteiger partial charge in [-0.25, -0.2) is 8.78 Å². The van der Waals surface area contributed by atoms with Crippen molar-refractivity contribution in [1.29, 1.82) is 0 Å². The van der Waals surface area contributed by atoms with Gasteiger partial charge in [-0.05, 0) is 6.07 Å². The lowest BCUT2D eigenvalue weighted by Crippen LogP contribution is -2.43. The maximum Gasteiger partial charge on any atom is 0.128 e. The standard InChI is InChI=1S/C12H13F2NO2/c13-5-11-9-6-17-15-12(9,7-16-11)8-3-1-2-4-10(8)14/h1-4,9,11,15H,5-7H2. The van der Waals surface area contributed by atoms with Crippen LogP contribution in [-0.2, 0) is 15.1 Å². The molecule has 0 amide bonds. The summed E-state index contributed by atoms with van der Waals surface area (Å²) >= 11 is 0. The molecule has 1 aromatic carbocycles. The highest BCUT2D eigenvalue weighted by Gasteiger charge is 2.55. The molecule has 2 aliphatic rings. The number of halogens is 2. The lowest BCUT2D eigenvalue weighted by atomic mass is 9.79. The van der Waals surface area contributed by atoms with E-state index in [1.165, 1.54) is 6.07 Å². The summed E-state index contributed by atoms with van der Waals surface area (Å²) in [6, 6.07) is 6.47. The van der Waals surface area contributed by atoms with Crippen LogP contribution in [0.2, 0.25) is 0 Å². The van der Waals surface area contributed by atoms with Gasteiger partial charge >= 0.3 is 0 Å². The number of nitrogens with one attached hydrogen (secondary N) is 1. The lowest BCUT2D eigenvalue weighted by molar-refractivity contribution is -0.00337. The van der Waals surface area contributed by atoms with Crippen LogP contribution in [0.3, 0.4) is 0 Å². The highest BCUT2D eigenvalue weighted by atomic mass is 19.1. The highest BCUT2D eigenvalue weighted by molar-refractivity contribution is 5.30. The van der Waals surface area contributed by atoms with Crippen LogP contribution in [0.25, 0.3) is 0 Å². The van der Waals surface area contributed by atoms with E-state index in [9.17, 15) is 8.78 Å². The molecule has 0 aromatic heterocycles. The average molecular weight is 241 g/mol. The van der Waals surface area contributed by atoms with Crippen LogP contribution in [0.15, 0.2) is 24.3 Å². The predicted molar refractivity (Wildman–Crippen MR) is 56.4 cm³/mol. The average Bonchev–Trinajstić information content (AvgIpc) is 2.88. The Balaban J connectivity index is 2.04. The van der Waals surface area contributed by atoms with Gasteiger partial charge in [0.05, 0.1) is 19.3 Å². The second-order valence-corrected chi connectivity index (χ2v) is 4.47. The Kier molecular flexibility index (Phi) is 2.61. The number of ether oxygens (including phenoxy) is 1. The van der Waals surface area contributed by atoms with Gasteiger partial charge in [0, 0.05) is 11.5 Å². The number of fused-ring (bicyclic) bond motifs is 1. The zero-order valence-electron chi connectivity index (χ0n) is 9.16. The van der Waals surface area contributed by atoms with E-state index in [1.54, 1.807) is 18.2 Å². The Hall–Kier alpha value is -1.04. The third-order valence-corrected chi connectivity index (χ3v) is 3.63. The minimum atomic E-state index is -0.748. The van der Waals surface area contributed by atoms with Crippen LogP contribution in [0, 0.1) is 11.7 Å². The third kappa shape index (κ3) is 1.50. The molecule has 0 spiro atoms. The quantitative estimate of drug-likeness (QED) is 0.852. The van der Waals surface area contributed by atoms with Gasteiger partial charge in [-0.15, -0.1) is 0 Å². The topological polar surface area (TPSA) is 30.5 Å². The van der Waals surface area contributed by atoms with Crippen molar-refractivity contribution in [2.45, 2.75) is 11.6 Å². The van der Waals surface area contributed by atoms with E-state index in [-0.39, 0.29) is 18.3 Å². The Morgan fingerprint density at radius 2 is 2.24 bits per heavy atom. The summed E-state index contributed by atoms with van der Waals surface area (Å²) in [5.41, 5.74) is 2.56. The number of rotatable bonds is 2. The fourth-order valence-electron chi connectivity index (χ4n) is 2.70. The van der Waals surface area contributed by atoms with Crippen molar-refractivity contribution in [1.82, 2.24) is 5.48 Å². The van der Waals surface area contributed by atoms with Gasteiger partial charge < -0.3 is 9.57 Å². The van der Waals surface area contributed by atoms with E-state index >= 15 is 0 Å². The van der Waals surface area contributed by atoms with Crippen LogP contribution in [0.1, 0.15) is 5.56 Å². The molecule has 0 aliphatic carbocycles. The smallest absolute Gasteiger partial charge is 0.128 e. The number of hydrogen-bond acceptors (Lipinski definition) is 3. The summed E-state index contributed by atoms with van der Waals surface area (Å²) in [6.45, 7) is -0.0119. The second kappa shape index (κ2) is 4.01. The van der Waals surface area contributed by atoms with Crippen molar-refractivity contribution in [2.24, 2.45) is 5.92 Å². The second-order valence-electron chi connectivity index (χ2n) is 4.47. The van der Waals surface area contributed by atoms with E-state index in [1.807, 2.05) is 0 Å². The maximum absolute atomic E-state index is 13.9. The van der Waals surface area contributed by atoms with Gasteiger partial charge in [0.2, 0.25) is 0 Å². The van der Waals surface area contributed by atoms with Crippen molar-refractivity contribution < 1.29 is 18.4 Å². The van der Waals surface area contributed by atoms with Crippen molar-refractivity contribution >= 4 is 0 Å². The lowest BCUT2D eigenvalue weighted by Gasteiger charge is -2.27. The minimum absolute atomic E-state index is 0.190. The molecule has 0 saturated carbocycles. The molecular weight excluding hydrogens is 228 g/mol. The summed E-state index contributed by atoms with van der Waals surface area (Å²) in [5.74, 6) is -0.511. The van der Waals surface area contributed by atoms with E-state index in [0.717, 1.165) is 0 Å². The molecule has 2 saturated heterocycles. The van der Waals surface area contributed by atoms with Crippen molar-refractivity contribution in [3.8, 4) is 0 Å². The first kappa shape index (κ1) is 11.1.